The second kappa shape index (κ2) is 5.29. The molecule has 1 amide bonds. The topological polar surface area (TPSA) is 85.0 Å². The summed E-state index contributed by atoms with van der Waals surface area (Å²) in [5.74, 6) is 0.760. The first kappa shape index (κ1) is 14.3. The maximum atomic E-state index is 11.7. The Bertz CT molecular complexity index is 436. The molecule has 102 valence electrons. The Morgan fingerprint density at radius 2 is 2.11 bits per heavy atom. The van der Waals surface area contributed by atoms with Gasteiger partial charge < -0.3 is 16.4 Å². The van der Waals surface area contributed by atoms with Crippen molar-refractivity contribution in [3.8, 4) is 0 Å². The van der Waals surface area contributed by atoms with Gasteiger partial charge in [0.1, 0.15) is 5.82 Å². The molecule has 0 saturated heterocycles. The lowest BCUT2D eigenvalue weighted by Crippen LogP contribution is -2.39. The number of nitrogen functional groups attached to an aromatic ring is 1. The number of carbonyl (C=O) groups is 1. The fourth-order valence-electron chi connectivity index (χ4n) is 1.79. The largest absolute Gasteiger partial charge is 0.394 e. The first-order valence-electron chi connectivity index (χ1n) is 6.10. The third kappa shape index (κ3) is 2.75. The van der Waals surface area contributed by atoms with Gasteiger partial charge in [-0.1, -0.05) is 6.92 Å². The molecule has 0 unspecified atom stereocenters. The van der Waals surface area contributed by atoms with E-state index in [-0.39, 0.29) is 5.91 Å². The van der Waals surface area contributed by atoms with E-state index in [1.165, 1.54) is 0 Å². The van der Waals surface area contributed by atoms with Crippen LogP contribution in [0.1, 0.15) is 26.5 Å². The van der Waals surface area contributed by atoms with Crippen LogP contribution in [-0.4, -0.2) is 29.3 Å². The Labute approximate surface area is 108 Å². The molecule has 6 heteroatoms. The average Bonchev–Trinajstić information content (AvgIpc) is 2.60. The van der Waals surface area contributed by atoms with E-state index >= 15 is 0 Å². The van der Waals surface area contributed by atoms with Crippen LogP contribution in [0.15, 0.2) is 0 Å². The van der Waals surface area contributed by atoms with Crippen molar-refractivity contribution >= 4 is 17.4 Å². The summed E-state index contributed by atoms with van der Waals surface area (Å²) in [5, 5.41) is 10.2. The number of nitrogens with zero attached hydrogens (tertiary/aromatic N) is 2. The van der Waals surface area contributed by atoms with E-state index in [1.54, 1.807) is 11.7 Å². The van der Waals surface area contributed by atoms with Gasteiger partial charge in [0, 0.05) is 20.6 Å². The lowest BCUT2D eigenvalue weighted by molar-refractivity contribution is -0.128. The minimum Gasteiger partial charge on any atom is -0.394 e. The molecule has 0 aliphatic carbocycles. The van der Waals surface area contributed by atoms with Crippen molar-refractivity contribution in [1.29, 1.82) is 0 Å². The number of hydrogen-bond donors (Lipinski definition) is 3. The molecular weight excluding hydrogens is 230 g/mol. The Kier molecular flexibility index (Phi) is 4.21. The number of anilines is 2. The number of nitrogens with two attached hydrogens (primary N) is 1. The normalized spacial score (nSPS) is 11.4. The predicted molar refractivity (Wildman–Crippen MR) is 73.3 cm³/mol. The van der Waals surface area contributed by atoms with Crippen LogP contribution in [0.2, 0.25) is 0 Å². The summed E-state index contributed by atoms with van der Waals surface area (Å²) >= 11 is 0. The highest BCUT2D eigenvalue weighted by molar-refractivity contribution is 5.82. The van der Waals surface area contributed by atoms with Gasteiger partial charge >= 0.3 is 0 Å². The highest BCUT2D eigenvalue weighted by Crippen LogP contribution is 2.24. The van der Waals surface area contributed by atoms with Crippen LogP contribution in [0.25, 0.3) is 0 Å². The number of aromatic nitrogens is 2. The second-order valence-corrected chi connectivity index (χ2v) is 5.00. The van der Waals surface area contributed by atoms with Crippen LogP contribution in [0, 0.1) is 5.41 Å². The summed E-state index contributed by atoms with van der Waals surface area (Å²) in [6, 6.07) is 0. The molecule has 1 rings (SSSR count). The van der Waals surface area contributed by atoms with Crippen molar-refractivity contribution in [1.82, 2.24) is 15.1 Å². The number of aryl methyl sites for hydroxylation is 2. The van der Waals surface area contributed by atoms with Crippen LogP contribution < -0.4 is 16.4 Å². The number of rotatable bonds is 5. The van der Waals surface area contributed by atoms with E-state index in [0.29, 0.717) is 12.2 Å². The second-order valence-electron chi connectivity index (χ2n) is 5.00. The van der Waals surface area contributed by atoms with Crippen LogP contribution in [-0.2, 0) is 18.3 Å². The van der Waals surface area contributed by atoms with E-state index in [1.807, 2.05) is 27.8 Å². The third-order valence-electron chi connectivity index (χ3n) is 3.03. The standard InChI is InChI=1S/C12H23N5O/c1-6-8-9(13)10(17(5)16-8)15-7-12(2,3)11(18)14-4/h15H,6-7,13H2,1-5H3,(H,14,18). The Balaban J connectivity index is 2.81. The summed E-state index contributed by atoms with van der Waals surface area (Å²) in [5.41, 5.74) is 7.04. The van der Waals surface area contributed by atoms with Crippen LogP contribution in [0.5, 0.6) is 0 Å². The van der Waals surface area contributed by atoms with Gasteiger partial charge in [0.25, 0.3) is 0 Å². The molecule has 0 spiro atoms. The molecule has 0 bridgehead atoms. The monoisotopic (exact) mass is 253 g/mol. The van der Waals surface area contributed by atoms with E-state index in [0.717, 1.165) is 17.9 Å². The first-order chi connectivity index (χ1) is 8.33. The Morgan fingerprint density at radius 3 is 2.56 bits per heavy atom. The fourth-order valence-corrected chi connectivity index (χ4v) is 1.79. The lowest BCUT2D eigenvalue weighted by atomic mass is 9.92. The Hall–Kier alpha value is -1.72. The zero-order valence-corrected chi connectivity index (χ0v) is 11.8. The zero-order chi connectivity index (χ0) is 13.9. The molecule has 1 aromatic heterocycles. The van der Waals surface area contributed by atoms with Crippen molar-refractivity contribution in [2.45, 2.75) is 27.2 Å². The van der Waals surface area contributed by atoms with Gasteiger partial charge in [-0.05, 0) is 20.3 Å². The van der Waals surface area contributed by atoms with Crippen molar-refractivity contribution in [3.63, 3.8) is 0 Å². The predicted octanol–water partition coefficient (Wildman–Crippen LogP) is 0.749. The summed E-state index contributed by atoms with van der Waals surface area (Å²) < 4.78 is 1.72. The average molecular weight is 253 g/mol. The fraction of sp³-hybridized carbons (Fsp3) is 0.667. The quantitative estimate of drug-likeness (QED) is 0.723. The van der Waals surface area contributed by atoms with Gasteiger partial charge in [0.15, 0.2) is 0 Å². The molecule has 0 aromatic carbocycles. The molecule has 18 heavy (non-hydrogen) atoms. The number of hydrogen-bond acceptors (Lipinski definition) is 4. The van der Waals surface area contributed by atoms with Crippen molar-refractivity contribution in [2.75, 3.05) is 24.6 Å². The van der Waals surface area contributed by atoms with Gasteiger partial charge in [0.2, 0.25) is 5.91 Å². The first-order valence-corrected chi connectivity index (χ1v) is 6.10. The summed E-state index contributed by atoms with van der Waals surface area (Å²) in [6.07, 6.45) is 0.792. The van der Waals surface area contributed by atoms with Crippen LogP contribution >= 0.6 is 0 Å². The molecule has 0 saturated carbocycles. The van der Waals surface area contributed by atoms with Gasteiger partial charge in [-0.2, -0.15) is 5.10 Å². The number of carbonyl (C=O) groups excluding carboxylic acids is 1. The van der Waals surface area contributed by atoms with E-state index in [2.05, 4.69) is 15.7 Å². The number of amides is 1. The smallest absolute Gasteiger partial charge is 0.227 e. The summed E-state index contributed by atoms with van der Waals surface area (Å²) in [6.45, 7) is 6.27. The minimum atomic E-state index is -0.502. The maximum absolute atomic E-state index is 11.7. The maximum Gasteiger partial charge on any atom is 0.227 e. The molecule has 0 atom stereocenters. The van der Waals surface area contributed by atoms with E-state index in [4.69, 9.17) is 5.73 Å². The van der Waals surface area contributed by atoms with Gasteiger partial charge in [0.05, 0.1) is 16.8 Å². The molecule has 0 radical (unpaired) electrons. The molecule has 0 aliphatic rings. The van der Waals surface area contributed by atoms with Gasteiger partial charge in [-0.25, -0.2) is 0 Å². The molecule has 0 aliphatic heterocycles. The molecule has 0 fully saturated rings. The van der Waals surface area contributed by atoms with E-state index < -0.39 is 5.41 Å². The van der Waals surface area contributed by atoms with E-state index in [9.17, 15) is 4.79 Å². The Morgan fingerprint density at radius 1 is 1.50 bits per heavy atom. The van der Waals surface area contributed by atoms with Crippen molar-refractivity contribution < 1.29 is 4.79 Å². The van der Waals surface area contributed by atoms with Crippen molar-refractivity contribution in [3.05, 3.63) is 5.69 Å². The van der Waals surface area contributed by atoms with Gasteiger partial charge in [-0.3, -0.25) is 9.48 Å². The zero-order valence-electron chi connectivity index (χ0n) is 11.8. The summed E-state index contributed by atoms with van der Waals surface area (Å²) in [7, 11) is 3.47. The number of nitrogens with one attached hydrogen (secondary N) is 2. The van der Waals surface area contributed by atoms with Crippen molar-refractivity contribution in [2.24, 2.45) is 12.5 Å². The molecule has 1 heterocycles. The summed E-state index contributed by atoms with van der Waals surface area (Å²) in [4.78, 5) is 11.7. The highest BCUT2D eigenvalue weighted by atomic mass is 16.2. The lowest BCUT2D eigenvalue weighted by Gasteiger charge is -2.23. The highest BCUT2D eigenvalue weighted by Gasteiger charge is 2.27. The SMILES string of the molecule is CCc1nn(C)c(NCC(C)(C)C(=O)NC)c1N. The third-order valence-corrected chi connectivity index (χ3v) is 3.03. The van der Waals surface area contributed by atoms with Crippen LogP contribution in [0.4, 0.5) is 11.5 Å². The van der Waals surface area contributed by atoms with Gasteiger partial charge in [-0.15, -0.1) is 0 Å². The molecule has 6 nitrogen and oxygen atoms in total. The molecular formula is C12H23N5O. The molecule has 1 aromatic rings. The van der Waals surface area contributed by atoms with Crippen LogP contribution in [0.3, 0.4) is 0 Å². The molecule has 4 N–H and O–H groups in total. The minimum absolute atomic E-state index is 0.00791.